The average Bonchev–Trinajstić information content (AvgIpc) is 2.46. The summed E-state index contributed by atoms with van der Waals surface area (Å²) < 4.78 is 11.8. The van der Waals surface area contributed by atoms with Gasteiger partial charge in [-0.1, -0.05) is 6.07 Å². The van der Waals surface area contributed by atoms with Crippen LogP contribution in [0.2, 0.25) is 0 Å². The van der Waals surface area contributed by atoms with Gasteiger partial charge in [-0.25, -0.2) is 0 Å². The Kier molecular flexibility index (Phi) is 4.08. The third-order valence-electron chi connectivity index (χ3n) is 4.02. The highest BCUT2D eigenvalue weighted by atomic mass is 16.5. The number of hydrogen-bond donors (Lipinski definition) is 1. The number of benzene rings is 1. The number of rotatable bonds is 3. The van der Waals surface area contributed by atoms with Crippen molar-refractivity contribution in [2.75, 3.05) is 5.73 Å². The van der Waals surface area contributed by atoms with E-state index in [-0.39, 0.29) is 18.3 Å². The zero-order valence-corrected chi connectivity index (χ0v) is 12.6. The largest absolute Gasteiger partial charge is 0.398 e. The minimum atomic E-state index is 0.250. The predicted octanol–water partition coefficient (Wildman–Crippen LogP) is 3.29. The molecule has 3 rings (SSSR count). The van der Waals surface area contributed by atoms with Crippen LogP contribution in [0, 0.1) is 0 Å². The Morgan fingerprint density at radius 1 is 1.24 bits per heavy atom. The number of fused-ring (bicyclic) bond motifs is 1. The van der Waals surface area contributed by atoms with E-state index in [4.69, 9.17) is 15.2 Å². The SMILES string of the molecule is CC1CC(OCc2ccc(N)c3cccnc23)CC(C)O1. The van der Waals surface area contributed by atoms with E-state index in [1.807, 2.05) is 24.3 Å². The van der Waals surface area contributed by atoms with E-state index in [9.17, 15) is 0 Å². The molecule has 0 spiro atoms. The fourth-order valence-electron chi connectivity index (χ4n) is 3.06. The van der Waals surface area contributed by atoms with Gasteiger partial charge in [-0.2, -0.15) is 0 Å². The number of anilines is 1. The normalized spacial score (nSPS) is 26.1. The van der Waals surface area contributed by atoms with Crippen molar-refractivity contribution in [2.45, 2.75) is 51.6 Å². The molecule has 1 aliphatic rings. The zero-order chi connectivity index (χ0) is 14.8. The first-order valence-electron chi connectivity index (χ1n) is 7.52. The number of pyridine rings is 1. The molecule has 21 heavy (non-hydrogen) atoms. The lowest BCUT2D eigenvalue weighted by molar-refractivity contribution is -0.106. The molecule has 2 aromatic rings. The summed E-state index contributed by atoms with van der Waals surface area (Å²) in [5.41, 5.74) is 8.79. The smallest absolute Gasteiger partial charge is 0.0777 e. The molecular weight excluding hydrogens is 264 g/mol. The molecule has 0 radical (unpaired) electrons. The van der Waals surface area contributed by atoms with Crippen LogP contribution in [0.1, 0.15) is 32.3 Å². The highest BCUT2D eigenvalue weighted by Gasteiger charge is 2.25. The van der Waals surface area contributed by atoms with Crippen LogP contribution in [0.4, 0.5) is 5.69 Å². The summed E-state index contributed by atoms with van der Waals surface area (Å²) in [6.07, 6.45) is 4.47. The quantitative estimate of drug-likeness (QED) is 0.880. The van der Waals surface area contributed by atoms with Gasteiger partial charge in [0.2, 0.25) is 0 Å². The molecule has 0 saturated carbocycles. The van der Waals surface area contributed by atoms with Crippen molar-refractivity contribution in [3.05, 3.63) is 36.0 Å². The minimum absolute atomic E-state index is 0.250. The number of nitrogens with two attached hydrogens (primary N) is 1. The summed E-state index contributed by atoms with van der Waals surface area (Å²) in [5.74, 6) is 0. The molecule has 2 N–H and O–H groups in total. The number of nitrogens with zero attached hydrogens (tertiary/aromatic N) is 1. The Morgan fingerprint density at radius 3 is 2.76 bits per heavy atom. The molecule has 4 heteroatoms. The van der Waals surface area contributed by atoms with Crippen molar-refractivity contribution < 1.29 is 9.47 Å². The first-order chi connectivity index (χ1) is 10.1. The Hall–Kier alpha value is -1.65. The van der Waals surface area contributed by atoms with Crippen molar-refractivity contribution in [1.82, 2.24) is 4.98 Å². The topological polar surface area (TPSA) is 57.4 Å². The molecule has 112 valence electrons. The van der Waals surface area contributed by atoms with Crippen molar-refractivity contribution in [3.63, 3.8) is 0 Å². The lowest BCUT2D eigenvalue weighted by atomic mass is 10.0. The van der Waals surface area contributed by atoms with Crippen LogP contribution in [-0.4, -0.2) is 23.3 Å². The van der Waals surface area contributed by atoms with Gasteiger partial charge in [0.25, 0.3) is 0 Å². The third-order valence-corrected chi connectivity index (χ3v) is 4.02. The first-order valence-corrected chi connectivity index (χ1v) is 7.52. The van der Waals surface area contributed by atoms with Gasteiger partial charge in [0.1, 0.15) is 0 Å². The summed E-state index contributed by atoms with van der Waals surface area (Å²) in [6, 6.07) is 7.85. The van der Waals surface area contributed by atoms with Gasteiger partial charge in [-0.15, -0.1) is 0 Å². The molecule has 1 aliphatic heterocycles. The van der Waals surface area contributed by atoms with Crippen molar-refractivity contribution in [3.8, 4) is 0 Å². The molecule has 2 heterocycles. The first kappa shape index (κ1) is 14.3. The molecule has 2 unspecified atom stereocenters. The van der Waals surface area contributed by atoms with E-state index in [2.05, 4.69) is 18.8 Å². The van der Waals surface area contributed by atoms with Gasteiger partial charge in [-0.3, -0.25) is 4.98 Å². The predicted molar refractivity (Wildman–Crippen MR) is 84.0 cm³/mol. The van der Waals surface area contributed by atoms with Crippen LogP contribution < -0.4 is 5.73 Å². The van der Waals surface area contributed by atoms with Gasteiger partial charge in [-0.05, 0) is 44.9 Å². The van der Waals surface area contributed by atoms with E-state index in [1.165, 1.54) is 0 Å². The fraction of sp³-hybridized carbons (Fsp3) is 0.471. The monoisotopic (exact) mass is 286 g/mol. The molecule has 0 bridgehead atoms. The van der Waals surface area contributed by atoms with Crippen LogP contribution in [-0.2, 0) is 16.1 Å². The molecule has 0 amide bonds. The summed E-state index contributed by atoms with van der Waals surface area (Å²) in [7, 11) is 0. The molecular formula is C17H22N2O2. The van der Waals surface area contributed by atoms with Crippen LogP contribution in [0.5, 0.6) is 0 Å². The standard InChI is InChI=1S/C17H22N2O2/c1-11-8-14(9-12(2)21-11)20-10-13-5-6-16(18)15-4-3-7-19-17(13)15/h3-7,11-12,14H,8-10,18H2,1-2H3. The van der Waals surface area contributed by atoms with E-state index in [1.54, 1.807) is 6.20 Å². The second-order valence-corrected chi connectivity index (χ2v) is 5.88. The maximum absolute atomic E-state index is 6.10. The van der Waals surface area contributed by atoms with Crippen LogP contribution in [0.3, 0.4) is 0 Å². The van der Waals surface area contributed by atoms with Crippen LogP contribution in [0.25, 0.3) is 10.9 Å². The zero-order valence-electron chi connectivity index (χ0n) is 12.6. The highest BCUT2D eigenvalue weighted by molar-refractivity contribution is 5.92. The molecule has 1 saturated heterocycles. The summed E-state index contributed by atoms with van der Waals surface area (Å²) in [5, 5.41) is 0.993. The average molecular weight is 286 g/mol. The summed E-state index contributed by atoms with van der Waals surface area (Å²) in [4.78, 5) is 4.45. The van der Waals surface area contributed by atoms with E-state index in [0.29, 0.717) is 6.61 Å². The minimum Gasteiger partial charge on any atom is -0.398 e. The molecule has 1 fully saturated rings. The Morgan fingerprint density at radius 2 is 2.00 bits per heavy atom. The van der Waals surface area contributed by atoms with E-state index < -0.39 is 0 Å². The fourth-order valence-corrected chi connectivity index (χ4v) is 3.06. The second-order valence-electron chi connectivity index (χ2n) is 5.88. The maximum atomic E-state index is 6.10. The number of ether oxygens (including phenoxy) is 2. The lowest BCUT2D eigenvalue weighted by Gasteiger charge is -2.32. The Balaban J connectivity index is 1.75. The number of hydrogen-bond acceptors (Lipinski definition) is 4. The van der Waals surface area contributed by atoms with Crippen molar-refractivity contribution in [1.29, 1.82) is 0 Å². The third kappa shape index (κ3) is 3.17. The van der Waals surface area contributed by atoms with Crippen molar-refractivity contribution in [2.24, 2.45) is 0 Å². The Labute approximate surface area is 125 Å². The molecule has 1 aromatic carbocycles. The van der Waals surface area contributed by atoms with Crippen molar-refractivity contribution >= 4 is 16.6 Å². The second kappa shape index (κ2) is 6.00. The van der Waals surface area contributed by atoms with Gasteiger partial charge in [0.15, 0.2) is 0 Å². The van der Waals surface area contributed by atoms with Crippen LogP contribution in [0.15, 0.2) is 30.5 Å². The van der Waals surface area contributed by atoms with Gasteiger partial charge in [0.05, 0.1) is 30.4 Å². The molecule has 1 aromatic heterocycles. The van der Waals surface area contributed by atoms with Crippen LogP contribution >= 0.6 is 0 Å². The summed E-state index contributed by atoms with van der Waals surface area (Å²) >= 11 is 0. The van der Waals surface area contributed by atoms with Gasteiger partial charge in [0, 0.05) is 22.8 Å². The Bertz CT molecular complexity index is 619. The van der Waals surface area contributed by atoms with Gasteiger partial charge < -0.3 is 15.2 Å². The lowest BCUT2D eigenvalue weighted by Crippen LogP contribution is -2.34. The molecule has 4 nitrogen and oxygen atoms in total. The highest BCUT2D eigenvalue weighted by Crippen LogP contribution is 2.26. The van der Waals surface area contributed by atoms with E-state index in [0.717, 1.165) is 35.0 Å². The number of nitrogen functional groups attached to an aromatic ring is 1. The van der Waals surface area contributed by atoms with Gasteiger partial charge >= 0.3 is 0 Å². The molecule has 0 aliphatic carbocycles. The van der Waals surface area contributed by atoms with E-state index >= 15 is 0 Å². The molecule has 2 atom stereocenters. The maximum Gasteiger partial charge on any atom is 0.0777 e. The number of aromatic nitrogens is 1. The summed E-state index contributed by atoms with van der Waals surface area (Å²) in [6.45, 7) is 4.77.